The Bertz CT molecular complexity index is 1080. The van der Waals surface area contributed by atoms with Crippen LogP contribution in [0.5, 0.6) is 5.75 Å². The fraction of sp³-hybridized carbons (Fsp3) is 0.368. The topological polar surface area (TPSA) is 154 Å². The number of H-pyrrole nitrogens is 2. The number of phenolic OH excluding ortho intramolecular Hbond substituents is 1. The third-order valence-corrected chi connectivity index (χ3v) is 4.50. The van der Waals surface area contributed by atoms with Crippen LogP contribution in [-0.4, -0.2) is 46.2 Å². The Morgan fingerprint density at radius 3 is 2.24 bits per heavy atom. The molecule has 0 spiro atoms. The Balaban J connectivity index is 2.63. The Morgan fingerprint density at radius 1 is 1.14 bits per heavy atom. The first-order chi connectivity index (χ1) is 13.6. The van der Waals surface area contributed by atoms with E-state index in [-0.39, 0.29) is 40.1 Å². The third kappa shape index (κ3) is 4.57. The fourth-order valence-corrected chi connectivity index (χ4v) is 2.45. The lowest BCUT2D eigenvalue weighted by Crippen LogP contribution is -2.31. The molecular weight excluding hydrogens is 376 g/mol. The predicted molar refractivity (Wildman–Crippen MR) is 110 cm³/mol. The van der Waals surface area contributed by atoms with E-state index in [4.69, 9.17) is 0 Å². The maximum Gasteiger partial charge on any atom is 0.288 e. The second-order valence-electron chi connectivity index (χ2n) is 7.19. The minimum absolute atomic E-state index is 0.0165. The number of rotatable bonds is 6. The Labute approximate surface area is 167 Å². The van der Waals surface area contributed by atoms with Crippen LogP contribution >= 0.6 is 0 Å². The molecule has 0 radical (unpaired) electrons. The number of carbonyl (C=O) groups is 1. The van der Waals surface area contributed by atoms with Crippen molar-refractivity contribution in [1.82, 2.24) is 15.1 Å². The molecule has 1 heterocycles. The van der Waals surface area contributed by atoms with Crippen LogP contribution in [0, 0.1) is 17.2 Å². The van der Waals surface area contributed by atoms with Crippen LogP contribution in [0.15, 0.2) is 21.7 Å². The molecule has 10 nitrogen and oxygen atoms in total. The van der Waals surface area contributed by atoms with Crippen molar-refractivity contribution in [3.63, 3.8) is 0 Å². The van der Waals surface area contributed by atoms with Crippen molar-refractivity contribution < 1.29 is 9.90 Å². The Morgan fingerprint density at radius 2 is 1.72 bits per heavy atom. The van der Waals surface area contributed by atoms with Crippen LogP contribution < -0.4 is 21.8 Å². The molecule has 0 bridgehead atoms. The first-order valence-corrected chi connectivity index (χ1v) is 8.94. The van der Waals surface area contributed by atoms with Crippen molar-refractivity contribution in [3.8, 4) is 11.8 Å². The molecule has 0 saturated carbocycles. The molecule has 0 fully saturated rings. The number of hydrogen-bond acceptors (Lipinski definition) is 7. The molecule has 1 amide bonds. The van der Waals surface area contributed by atoms with Gasteiger partial charge in [-0.1, -0.05) is 13.8 Å². The number of nitriles is 1. The molecule has 0 aliphatic heterocycles. The van der Waals surface area contributed by atoms with Crippen LogP contribution in [0.3, 0.4) is 0 Å². The highest BCUT2D eigenvalue weighted by Crippen LogP contribution is 2.33. The van der Waals surface area contributed by atoms with E-state index in [2.05, 4.69) is 20.8 Å². The highest BCUT2D eigenvalue weighted by molar-refractivity contribution is 5.99. The van der Waals surface area contributed by atoms with Crippen molar-refractivity contribution in [1.29, 1.82) is 5.26 Å². The molecule has 29 heavy (non-hydrogen) atoms. The number of aromatic nitrogens is 2. The predicted octanol–water partition coefficient (Wildman–Crippen LogP) is 1.54. The zero-order valence-corrected chi connectivity index (χ0v) is 16.9. The molecule has 2 rings (SSSR count). The van der Waals surface area contributed by atoms with Gasteiger partial charge in [-0.2, -0.15) is 5.26 Å². The van der Waals surface area contributed by atoms with Crippen molar-refractivity contribution in [2.24, 2.45) is 5.92 Å². The molecule has 2 aromatic rings. The maximum absolute atomic E-state index is 12.4. The van der Waals surface area contributed by atoms with Crippen molar-refractivity contribution in [2.45, 2.75) is 26.8 Å². The lowest BCUT2D eigenvalue weighted by Gasteiger charge is -2.21. The first kappa shape index (κ1) is 21.6. The lowest BCUT2D eigenvalue weighted by atomic mass is 10.1. The summed E-state index contributed by atoms with van der Waals surface area (Å²) in [6.07, 6.45) is 0. The minimum Gasteiger partial charge on any atom is -0.505 e. The van der Waals surface area contributed by atoms with Gasteiger partial charge in [-0.05, 0) is 25.0 Å². The number of hydrogen-bond donors (Lipinski definition) is 5. The number of anilines is 3. The van der Waals surface area contributed by atoms with E-state index in [1.54, 1.807) is 0 Å². The van der Waals surface area contributed by atoms with E-state index >= 15 is 0 Å². The lowest BCUT2D eigenvalue weighted by molar-refractivity contribution is 0.0824. The van der Waals surface area contributed by atoms with Crippen LogP contribution in [0.1, 0.15) is 36.7 Å². The van der Waals surface area contributed by atoms with Gasteiger partial charge in [0, 0.05) is 20.1 Å². The normalized spacial score (nSPS) is 11.6. The number of nitrogens with zero attached hydrogens (tertiary/aromatic N) is 2. The van der Waals surface area contributed by atoms with E-state index in [1.165, 1.54) is 31.1 Å². The monoisotopic (exact) mass is 400 g/mol. The van der Waals surface area contributed by atoms with Gasteiger partial charge in [-0.3, -0.25) is 24.6 Å². The number of nitrogens with one attached hydrogen (secondary N) is 4. The number of carbonyl (C=O) groups excluding carboxylic acids is 1. The number of aromatic amines is 2. The molecule has 154 valence electrons. The summed E-state index contributed by atoms with van der Waals surface area (Å²) in [6, 6.07) is 4.32. The zero-order chi connectivity index (χ0) is 21.9. The molecule has 0 aliphatic rings. The highest BCUT2D eigenvalue weighted by Gasteiger charge is 2.21. The standard InChI is InChI=1S/C19H24N6O4/c1-9(2)10(3)21-14-15(18(28)24-23-17(14)27)22-13-7-11(8-20)6-12(16(13)26)19(29)25(4)5/h6-7,9-10,26H,1-5H3,(H2,21,24,28)(H2,22,23,27). The number of phenols is 1. The van der Waals surface area contributed by atoms with Gasteiger partial charge < -0.3 is 20.6 Å². The van der Waals surface area contributed by atoms with E-state index in [0.717, 1.165) is 0 Å². The Hall–Kier alpha value is -3.74. The van der Waals surface area contributed by atoms with Gasteiger partial charge in [0.05, 0.1) is 22.9 Å². The van der Waals surface area contributed by atoms with E-state index in [9.17, 15) is 24.8 Å². The summed E-state index contributed by atoms with van der Waals surface area (Å²) >= 11 is 0. The van der Waals surface area contributed by atoms with Gasteiger partial charge >= 0.3 is 0 Å². The molecule has 1 aromatic carbocycles. The number of benzene rings is 1. The molecule has 0 aliphatic carbocycles. The van der Waals surface area contributed by atoms with Gasteiger partial charge in [0.2, 0.25) is 0 Å². The van der Waals surface area contributed by atoms with Crippen LogP contribution in [0.25, 0.3) is 0 Å². The number of amides is 1. The summed E-state index contributed by atoms with van der Waals surface area (Å²) in [6.45, 7) is 5.76. The molecule has 5 N–H and O–H groups in total. The van der Waals surface area contributed by atoms with Gasteiger partial charge in [0.1, 0.15) is 11.4 Å². The van der Waals surface area contributed by atoms with E-state index < -0.39 is 22.8 Å². The van der Waals surface area contributed by atoms with Crippen LogP contribution in [-0.2, 0) is 0 Å². The molecular formula is C19H24N6O4. The fourth-order valence-electron chi connectivity index (χ4n) is 2.45. The SMILES string of the molecule is CC(C)C(C)Nc1c(Nc2cc(C#N)cc(C(=O)N(C)C)c2O)c(=O)[nH][nH]c1=O. The smallest absolute Gasteiger partial charge is 0.288 e. The van der Waals surface area contributed by atoms with Gasteiger partial charge in [0.25, 0.3) is 17.0 Å². The summed E-state index contributed by atoms with van der Waals surface area (Å²) in [4.78, 5) is 38.3. The number of aromatic hydroxyl groups is 1. The average molecular weight is 400 g/mol. The van der Waals surface area contributed by atoms with Crippen LogP contribution in [0.2, 0.25) is 0 Å². The van der Waals surface area contributed by atoms with Crippen LogP contribution in [0.4, 0.5) is 17.1 Å². The molecule has 1 atom stereocenters. The summed E-state index contributed by atoms with van der Waals surface area (Å²) in [5.74, 6) is -0.791. The van der Waals surface area contributed by atoms with Crippen molar-refractivity contribution in [2.75, 3.05) is 24.7 Å². The quantitative estimate of drug-likeness (QED) is 0.461. The largest absolute Gasteiger partial charge is 0.505 e. The van der Waals surface area contributed by atoms with Gasteiger partial charge in [0.15, 0.2) is 5.75 Å². The Kier molecular flexibility index (Phi) is 6.33. The maximum atomic E-state index is 12.4. The molecule has 1 aromatic heterocycles. The second kappa shape index (κ2) is 8.52. The van der Waals surface area contributed by atoms with E-state index in [1.807, 2.05) is 26.8 Å². The summed E-state index contributed by atoms with van der Waals surface area (Å²) in [5.41, 5.74) is -1.44. The first-order valence-electron chi connectivity index (χ1n) is 8.94. The average Bonchev–Trinajstić information content (AvgIpc) is 2.67. The zero-order valence-electron chi connectivity index (χ0n) is 16.9. The second-order valence-corrected chi connectivity index (χ2v) is 7.19. The summed E-state index contributed by atoms with van der Waals surface area (Å²) in [7, 11) is 3.01. The van der Waals surface area contributed by atoms with Crippen molar-refractivity contribution in [3.05, 3.63) is 44.0 Å². The van der Waals surface area contributed by atoms with E-state index in [0.29, 0.717) is 0 Å². The van der Waals surface area contributed by atoms with Gasteiger partial charge in [-0.15, -0.1) is 0 Å². The van der Waals surface area contributed by atoms with Crippen molar-refractivity contribution >= 4 is 23.0 Å². The minimum atomic E-state index is -0.648. The highest BCUT2D eigenvalue weighted by atomic mass is 16.3. The molecule has 10 heteroatoms. The summed E-state index contributed by atoms with van der Waals surface area (Å²) < 4.78 is 0. The third-order valence-electron chi connectivity index (χ3n) is 4.50. The molecule has 0 saturated heterocycles. The summed E-state index contributed by atoms with van der Waals surface area (Å²) in [5, 5.41) is 30.0. The van der Waals surface area contributed by atoms with Gasteiger partial charge in [-0.25, -0.2) is 0 Å². The molecule has 1 unspecified atom stereocenters.